The second-order valence-corrected chi connectivity index (χ2v) is 6.63. The lowest BCUT2D eigenvalue weighted by Crippen LogP contribution is -2.31. The topological polar surface area (TPSA) is 59.2 Å². The van der Waals surface area contributed by atoms with Gasteiger partial charge in [0.15, 0.2) is 5.82 Å². The molecule has 3 aromatic heterocycles. The Kier molecular flexibility index (Phi) is 3.88. The maximum atomic E-state index is 4.72. The predicted molar refractivity (Wildman–Crippen MR) is 94.2 cm³/mol. The highest BCUT2D eigenvalue weighted by Crippen LogP contribution is 2.25. The Bertz CT molecular complexity index is 833. The van der Waals surface area contributed by atoms with Gasteiger partial charge >= 0.3 is 0 Å². The third-order valence-corrected chi connectivity index (χ3v) is 4.50. The van der Waals surface area contributed by atoms with Crippen molar-refractivity contribution in [2.45, 2.75) is 39.0 Å². The number of fused-ring (bicyclic) bond motifs is 1. The average molecular weight is 322 g/mol. The van der Waals surface area contributed by atoms with Crippen molar-refractivity contribution in [1.29, 1.82) is 0 Å². The van der Waals surface area contributed by atoms with Crippen LogP contribution < -0.4 is 4.90 Å². The highest BCUT2D eigenvalue weighted by Gasteiger charge is 2.19. The normalized spacial score (nSPS) is 15.4. The molecule has 0 unspecified atom stereocenters. The molecule has 0 aliphatic carbocycles. The Morgan fingerprint density at radius 1 is 1.08 bits per heavy atom. The molecule has 4 rings (SSSR count). The van der Waals surface area contributed by atoms with Gasteiger partial charge in [-0.2, -0.15) is 9.50 Å². The van der Waals surface area contributed by atoms with Crippen LogP contribution in [0.25, 0.3) is 17.2 Å². The molecule has 6 nitrogen and oxygen atoms in total. The van der Waals surface area contributed by atoms with E-state index in [9.17, 15) is 0 Å². The molecule has 0 N–H and O–H groups in total. The maximum absolute atomic E-state index is 4.72. The van der Waals surface area contributed by atoms with Crippen molar-refractivity contribution in [2.24, 2.45) is 0 Å². The van der Waals surface area contributed by atoms with Crippen LogP contribution in [0.1, 0.15) is 44.7 Å². The van der Waals surface area contributed by atoms with Gasteiger partial charge in [0, 0.05) is 37.1 Å². The van der Waals surface area contributed by atoms with Crippen LogP contribution in [-0.4, -0.2) is 37.7 Å². The van der Waals surface area contributed by atoms with Crippen molar-refractivity contribution >= 4 is 11.6 Å². The van der Waals surface area contributed by atoms with E-state index < -0.39 is 0 Å². The summed E-state index contributed by atoms with van der Waals surface area (Å²) in [6.45, 7) is 6.46. The number of hydrogen-bond acceptors (Lipinski definition) is 5. The largest absolute Gasteiger partial charge is 0.356 e. The minimum Gasteiger partial charge on any atom is -0.356 e. The van der Waals surface area contributed by atoms with Gasteiger partial charge in [0.05, 0.1) is 5.69 Å². The molecule has 4 heterocycles. The van der Waals surface area contributed by atoms with Crippen LogP contribution in [0.3, 0.4) is 0 Å². The van der Waals surface area contributed by atoms with Gasteiger partial charge in [-0.15, -0.1) is 5.10 Å². The standard InChI is InChI=1S/C18H22N6/c1-13(2)15-11-16(23-9-4-3-5-10-23)24-18(20-15)21-17(22-24)14-7-6-8-19-12-14/h6-8,11-13H,3-5,9-10H2,1-2H3. The Morgan fingerprint density at radius 3 is 2.62 bits per heavy atom. The van der Waals surface area contributed by atoms with Gasteiger partial charge in [-0.25, -0.2) is 4.98 Å². The summed E-state index contributed by atoms with van der Waals surface area (Å²) in [6, 6.07) is 6.05. The molecule has 0 amide bonds. The van der Waals surface area contributed by atoms with E-state index in [0.717, 1.165) is 30.2 Å². The van der Waals surface area contributed by atoms with Crippen molar-refractivity contribution in [3.8, 4) is 11.4 Å². The number of hydrogen-bond donors (Lipinski definition) is 0. The number of rotatable bonds is 3. The van der Waals surface area contributed by atoms with Crippen LogP contribution in [-0.2, 0) is 0 Å². The molecule has 0 radical (unpaired) electrons. The smallest absolute Gasteiger partial charge is 0.254 e. The summed E-state index contributed by atoms with van der Waals surface area (Å²) in [6.07, 6.45) is 7.31. The fourth-order valence-electron chi connectivity index (χ4n) is 3.13. The molecule has 0 spiro atoms. The van der Waals surface area contributed by atoms with Crippen molar-refractivity contribution in [3.05, 3.63) is 36.3 Å². The minimum absolute atomic E-state index is 0.358. The van der Waals surface area contributed by atoms with E-state index in [1.165, 1.54) is 19.3 Å². The number of piperidine rings is 1. The molecule has 0 saturated carbocycles. The lowest BCUT2D eigenvalue weighted by atomic mass is 10.1. The van der Waals surface area contributed by atoms with E-state index in [-0.39, 0.29) is 0 Å². The summed E-state index contributed by atoms with van der Waals surface area (Å²) in [4.78, 5) is 16.0. The molecule has 1 saturated heterocycles. The zero-order chi connectivity index (χ0) is 16.5. The van der Waals surface area contributed by atoms with Crippen LogP contribution >= 0.6 is 0 Å². The number of aromatic nitrogens is 5. The number of pyridine rings is 1. The maximum Gasteiger partial charge on any atom is 0.254 e. The van der Waals surface area contributed by atoms with E-state index >= 15 is 0 Å². The van der Waals surface area contributed by atoms with Gasteiger partial charge in [-0.1, -0.05) is 13.8 Å². The Morgan fingerprint density at radius 2 is 1.92 bits per heavy atom. The van der Waals surface area contributed by atoms with Crippen LogP contribution in [0.5, 0.6) is 0 Å². The van der Waals surface area contributed by atoms with Crippen LogP contribution in [0.2, 0.25) is 0 Å². The van der Waals surface area contributed by atoms with Crippen molar-refractivity contribution in [3.63, 3.8) is 0 Å². The van der Waals surface area contributed by atoms with Crippen molar-refractivity contribution < 1.29 is 0 Å². The number of nitrogens with zero attached hydrogens (tertiary/aromatic N) is 6. The zero-order valence-electron chi connectivity index (χ0n) is 14.2. The van der Waals surface area contributed by atoms with Crippen LogP contribution in [0.4, 0.5) is 5.82 Å². The van der Waals surface area contributed by atoms with Gasteiger partial charge in [0.2, 0.25) is 0 Å². The Balaban J connectivity index is 1.87. The molecule has 0 aromatic carbocycles. The van der Waals surface area contributed by atoms with Gasteiger partial charge in [0.25, 0.3) is 5.78 Å². The molecule has 1 aliphatic heterocycles. The molecule has 1 aliphatic rings. The first-order valence-corrected chi connectivity index (χ1v) is 8.65. The molecule has 124 valence electrons. The second kappa shape index (κ2) is 6.19. The molecule has 3 aromatic rings. The first kappa shape index (κ1) is 15.1. The molecule has 0 bridgehead atoms. The quantitative estimate of drug-likeness (QED) is 0.740. The van der Waals surface area contributed by atoms with Gasteiger partial charge < -0.3 is 4.90 Å². The van der Waals surface area contributed by atoms with Crippen molar-refractivity contribution in [1.82, 2.24) is 24.6 Å². The summed E-state index contributed by atoms with van der Waals surface area (Å²) in [7, 11) is 0. The lowest BCUT2D eigenvalue weighted by molar-refractivity contribution is 0.567. The fourth-order valence-corrected chi connectivity index (χ4v) is 3.13. The SMILES string of the molecule is CC(C)c1cc(N2CCCCC2)n2nc(-c3cccnc3)nc2n1. The van der Waals surface area contributed by atoms with Gasteiger partial charge in [-0.3, -0.25) is 4.98 Å². The van der Waals surface area contributed by atoms with E-state index in [0.29, 0.717) is 17.5 Å². The monoisotopic (exact) mass is 322 g/mol. The summed E-state index contributed by atoms with van der Waals surface area (Å²) in [5.74, 6) is 2.80. The Labute approximate surface area is 141 Å². The van der Waals surface area contributed by atoms with E-state index in [2.05, 4.69) is 34.8 Å². The Hall–Kier alpha value is -2.50. The molecule has 24 heavy (non-hydrogen) atoms. The minimum atomic E-state index is 0.358. The van der Waals surface area contributed by atoms with Crippen LogP contribution in [0, 0.1) is 0 Å². The molecular formula is C18H22N6. The summed E-state index contributed by atoms with van der Waals surface area (Å²) >= 11 is 0. The van der Waals surface area contributed by atoms with Gasteiger partial charge in [0.1, 0.15) is 5.82 Å². The fraction of sp³-hybridized carbons (Fsp3) is 0.444. The van der Waals surface area contributed by atoms with E-state index in [1.807, 2.05) is 16.6 Å². The van der Waals surface area contributed by atoms with Crippen LogP contribution in [0.15, 0.2) is 30.6 Å². The molecular weight excluding hydrogens is 300 g/mol. The first-order valence-electron chi connectivity index (χ1n) is 8.65. The molecule has 1 fully saturated rings. The predicted octanol–water partition coefficient (Wildman–Crippen LogP) is 3.30. The zero-order valence-corrected chi connectivity index (χ0v) is 14.2. The molecule has 6 heteroatoms. The third kappa shape index (κ3) is 2.72. The summed E-state index contributed by atoms with van der Waals surface area (Å²) in [5.41, 5.74) is 1.98. The van der Waals surface area contributed by atoms with Crippen molar-refractivity contribution in [2.75, 3.05) is 18.0 Å². The number of anilines is 1. The average Bonchev–Trinajstić information content (AvgIpc) is 3.06. The lowest BCUT2D eigenvalue weighted by Gasteiger charge is -2.29. The molecule has 0 atom stereocenters. The first-order chi connectivity index (χ1) is 11.7. The second-order valence-electron chi connectivity index (χ2n) is 6.63. The summed E-state index contributed by atoms with van der Waals surface area (Å²) < 4.78 is 1.89. The summed E-state index contributed by atoms with van der Waals surface area (Å²) in [5, 5.41) is 4.72. The van der Waals surface area contributed by atoms with E-state index in [1.54, 1.807) is 12.4 Å². The highest BCUT2D eigenvalue weighted by atomic mass is 15.4. The highest BCUT2D eigenvalue weighted by molar-refractivity contribution is 5.58. The van der Waals surface area contributed by atoms with Gasteiger partial charge in [-0.05, 0) is 37.3 Å². The third-order valence-electron chi connectivity index (χ3n) is 4.50. The van der Waals surface area contributed by atoms with E-state index in [4.69, 9.17) is 10.1 Å².